The molecule has 1 aliphatic carbocycles. The molecular formula is C23H27N5O2S. The Hall–Kier alpha value is -2.87. The molecule has 1 N–H and O–H groups in total. The number of benzene rings is 2. The van der Waals surface area contributed by atoms with Gasteiger partial charge < -0.3 is 10.1 Å². The molecule has 0 bridgehead atoms. The number of methoxy groups -OCH3 is 1. The van der Waals surface area contributed by atoms with Gasteiger partial charge in [0.2, 0.25) is 11.1 Å². The van der Waals surface area contributed by atoms with Crippen LogP contribution >= 0.6 is 11.8 Å². The molecule has 3 aromatic rings. The highest BCUT2D eigenvalue weighted by Gasteiger charge is 2.17. The summed E-state index contributed by atoms with van der Waals surface area (Å²) in [6.07, 6.45) is 4.80. The van der Waals surface area contributed by atoms with Crippen LogP contribution in [0.1, 0.15) is 48.1 Å². The van der Waals surface area contributed by atoms with E-state index in [-0.39, 0.29) is 17.7 Å². The highest BCUT2D eigenvalue weighted by Crippen LogP contribution is 2.27. The van der Waals surface area contributed by atoms with Crippen molar-refractivity contribution in [2.45, 2.75) is 50.7 Å². The summed E-state index contributed by atoms with van der Waals surface area (Å²) in [4.78, 5) is 12.6. The molecule has 0 unspecified atom stereocenters. The van der Waals surface area contributed by atoms with Gasteiger partial charge in [0.1, 0.15) is 11.4 Å². The minimum Gasteiger partial charge on any atom is -0.494 e. The van der Waals surface area contributed by atoms with Crippen molar-refractivity contribution in [1.82, 2.24) is 25.5 Å². The number of aromatic nitrogens is 4. The minimum atomic E-state index is -0.0547. The SMILES string of the molecule is COc1ccc(C)cc1-n1nnnc1SCC(=O)N[C@@H](C)c1ccc2c(c1)CCCC2. The molecule has 0 aliphatic heterocycles. The molecule has 8 heteroatoms. The van der Waals surface area contributed by atoms with Gasteiger partial charge in [0.15, 0.2) is 0 Å². The number of thioether (sulfide) groups is 1. The Morgan fingerprint density at radius 3 is 2.81 bits per heavy atom. The van der Waals surface area contributed by atoms with Gasteiger partial charge in [-0.25, -0.2) is 0 Å². The summed E-state index contributed by atoms with van der Waals surface area (Å²) in [7, 11) is 1.61. The third kappa shape index (κ3) is 4.90. The van der Waals surface area contributed by atoms with Crippen LogP contribution in [0.5, 0.6) is 5.75 Å². The molecule has 1 heterocycles. The Morgan fingerprint density at radius 1 is 1.19 bits per heavy atom. The second-order valence-corrected chi connectivity index (χ2v) is 8.80. The Morgan fingerprint density at radius 2 is 2.00 bits per heavy atom. The summed E-state index contributed by atoms with van der Waals surface area (Å²) < 4.78 is 7.05. The fourth-order valence-electron chi connectivity index (χ4n) is 3.90. The molecule has 0 spiro atoms. The molecular weight excluding hydrogens is 410 g/mol. The van der Waals surface area contributed by atoms with Gasteiger partial charge in [0, 0.05) is 0 Å². The third-order valence-corrected chi connectivity index (χ3v) is 6.51. The van der Waals surface area contributed by atoms with Crippen molar-refractivity contribution in [3.05, 3.63) is 58.7 Å². The van der Waals surface area contributed by atoms with Crippen LogP contribution in [0.3, 0.4) is 0 Å². The van der Waals surface area contributed by atoms with E-state index in [9.17, 15) is 4.79 Å². The van der Waals surface area contributed by atoms with Crippen LogP contribution in [0.2, 0.25) is 0 Å². The number of rotatable bonds is 7. The molecule has 0 saturated heterocycles. The topological polar surface area (TPSA) is 81.9 Å². The predicted molar refractivity (Wildman–Crippen MR) is 121 cm³/mol. The summed E-state index contributed by atoms with van der Waals surface area (Å²) in [5, 5.41) is 15.6. The zero-order valence-electron chi connectivity index (χ0n) is 18.1. The van der Waals surface area contributed by atoms with Gasteiger partial charge in [0.05, 0.1) is 18.9 Å². The summed E-state index contributed by atoms with van der Waals surface area (Å²) in [5.41, 5.74) is 5.83. The van der Waals surface area contributed by atoms with Crippen molar-refractivity contribution < 1.29 is 9.53 Å². The molecule has 0 fully saturated rings. The molecule has 1 atom stereocenters. The number of nitrogens with zero attached hydrogens (tertiary/aromatic N) is 4. The van der Waals surface area contributed by atoms with Gasteiger partial charge in [-0.2, -0.15) is 4.68 Å². The Kier molecular flexibility index (Phi) is 6.56. The van der Waals surface area contributed by atoms with Crippen molar-refractivity contribution in [2.75, 3.05) is 12.9 Å². The maximum atomic E-state index is 12.6. The van der Waals surface area contributed by atoms with E-state index in [1.807, 2.05) is 32.0 Å². The lowest BCUT2D eigenvalue weighted by atomic mass is 9.89. The van der Waals surface area contributed by atoms with E-state index in [1.165, 1.54) is 35.7 Å². The van der Waals surface area contributed by atoms with Crippen LogP contribution in [0.25, 0.3) is 5.69 Å². The first-order valence-corrected chi connectivity index (χ1v) is 11.5. The molecule has 31 heavy (non-hydrogen) atoms. The van der Waals surface area contributed by atoms with Crippen molar-refractivity contribution in [3.63, 3.8) is 0 Å². The fourth-order valence-corrected chi connectivity index (χ4v) is 4.60. The van der Waals surface area contributed by atoms with E-state index < -0.39 is 0 Å². The zero-order chi connectivity index (χ0) is 21.8. The maximum Gasteiger partial charge on any atom is 0.230 e. The number of carbonyl (C=O) groups excluding carboxylic acids is 1. The van der Waals surface area contributed by atoms with Gasteiger partial charge in [-0.05, 0) is 84.3 Å². The Labute approximate surface area is 186 Å². The summed E-state index contributed by atoms with van der Waals surface area (Å²) >= 11 is 1.30. The van der Waals surface area contributed by atoms with Gasteiger partial charge in [-0.1, -0.05) is 36.0 Å². The number of tetrazole rings is 1. The number of aryl methyl sites for hydroxylation is 3. The van der Waals surface area contributed by atoms with Crippen molar-refractivity contribution in [1.29, 1.82) is 0 Å². The van der Waals surface area contributed by atoms with Crippen LogP contribution in [0.15, 0.2) is 41.6 Å². The molecule has 1 aliphatic rings. The normalized spacial score (nSPS) is 14.0. The summed E-state index contributed by atoms with van der Waals surface area (Å²) in [6.45, 7) is 4.02. The lowest BCUT2D eigenvalue weighted by Crippen LogP contribution is -2.28. The highest BCUT2D eigenvalue weighted by atomic mass is 32.2. The van der Waals surface area contributed by atoms with Gasteiger partial charge in [0.25, 0.3) is 0 Å². The number of nitrogens with one attached hydrogen (secondary N) is 1. The van der Waals surface area contributed by atoms with E-state index in [2.05, 4.69) is 39.0 Å². The van der Waals surface area contributed by atoms with E-state index >= 15 is 0 Å². The lowest BCUT2D eigenvalue weighted by Gasteiger charge is -2.20. The monoisotopic (exact) mass is 437 g/mol. The van der Waals surface area contributed by atoms with Gasteiger partial charge in [-0.3, -0.25) is 4.79 Å². The summed E-state index contributed by atoms with van der Waals surface area (Å²) in [6, 6.07) is 12.3. The molecule has 2 aromatic carbocycles. The first-order valence-electron chi connectivity index (χ1n) is 10.5. The smallest absolute Gasteiger partial charge is 0.230 e. The van der Waals surface area contributed by atoms with E-state index in [1.54, 1.807) is 11.8 Å². The average molecular weight is 438 g/mol. The van der Waals surface area contributed by atoms with E-state index in [0.29, 0.717) is 10.9 Å². The standard InChI is InChI=1S/C23H27N5O2S/c1-15-8-11-21(30-3)20(12-15)28-23(25-26-27-28)31-14-22(29)24-16(2)18-10-9-17-6-4-5-7-19(17)13-18/h8-13,16H,4-7,14H2,1-3H3,(H,24,29)/t16-/m0/s1. The second-order valence-electron chi connectivity index (χ2n) is 7.86. The van der Waals surface area contributed by atoms with Gasteiger partial charge >= 0.3 is 0 Å². The first kappa shape index (κ1) is 21.4. The summed E-state index contributed by atoms with van der Waals surface area (Å²) in [5.74, 6) is 0.843. The van der Waals surface area contributed by atoms with E-state index in [0.717, 1.165) is 29.7 Å². The number of hydrogen-bond donors (Lipinski definition) is 1. The largest absolute Gasteiger partial charge is 0.494 e. The minimum absolute atomic E-state index is 0.0480. The molecule has 0 saturated carbocycles. The van der Waals surface area contributed by atoms with Crippen molar-refractivity contribution in [2.24, 2.45) is 0 Å². The van der Waals surface area contributed by atoms with Crippen LogP contribution in [-0.4, -0.2) is 39.0 Å². The Bertz CT molecular complexity index is 1080. The fraction of sp³-hybridized carbons (Fsp3) is 0.391. The van der Waals surface area contributed by atoms with Crippen molar-refractivity contribution in [3.8, 4) is 11.4 Å². The predicted octanol–water partition coefficient (Wildman–Crippen LogP) is 3.83. The molecule has 1 amide bonds. The van der Waals surface area contributed by atoms with Crippen LogP contribution < -0.4 is 10.1 Å². The second kappa shape index (κ2) is 9.51. The quantitative estimate of drug-likeness (QED) is 0.566. The van der Waals surface area contributed by atoms with E-state index in [4.69, 9.17) is 4.74 Å². The first-order chi connectivity index (χ1) is 15.0. The number of fused-ring (bicyclic) bond motifs is 1. The zero-order valence-corrected chi connectivity index (χ0v) is 18.9. The van der Waals surface area contributed by atoms with Gasteiger partial charge in [-0.15, -0.1) is 5.10 Å². The lowest BCUT2D eigenvalue weighted by molar-refractivity contribution is -0.119. The molecule has 1 aromatic heterocycles. The molecule has 4 rings (SSSR count). The molecule has 7 nitrogen and oxygen atoms in total. The van der Waals surface area contributed by atoms with Crippen molar-refractivity contribution >= 4 is 17.7 Å². The third-order valence-electron chi connectivity index (χ3n) is 5.59. The van der Waals surface area contributed by atoms with Crippen LogP contribution in [0.4, 0.5) is 0 Å². The number of carbonyl (C=O) groups is 1. The molecule has 0 radical (unpaired) electrons. The number of hydrogen-bond acceptors (Lipinski definition) is 6. The Balaban J connectivity index is 1.40. The van der Waals surface area contributed by atoms with Crippen LogP contribution in [-0.2, 0) is 17.6 Å². The highest BCUT2D eigenvalue weighted by molar-refractivity contribution is 7.99. The maximum absolute atomic E-state index is 12.6. The average Bonchev–Trinajstić information content (AvgIpc) is 3.25. The molecule has 162 valence electrons. The number of amides is 1. The number of ether oxygens (including phenoxy) is 1. The van der Waals surface area contributed by atoms with Crippen LogP contribution in [0, 0.1) is 6.92 Å².